The van der Waals surface area contributed by atoms with Gasteiger partial charge in [-0.25, -0.2) is 4.79 Å². The molecule has 3 N–H and O–H groups in total. The summed E-state index contributed by atoms with van der Waals surface area (Å²) in [4.78, 5) is 11.0. The van der Waals surface area contributed by atoms with Crippen molar-refractivity contribution in [3.8, 4) is 0 Å². The van der Waals surface area contributed by atoms with Crippen LogP contribution >= 0.6 is 0 Å². The maximum atomic E-state index is 11.0. The second-order valence-electron chi connectivity index (χ2n) is 4.00. The minimum atomic E-state index is -0.767. The van der Waals surface area contributed by atoms with Gasteiger partial charge in [-0.2, -0.15) is 0 Å². The average Bonchev–Trinajstić information content (AvgIpc) is 2.25. The van der Waals surface area contributed by atoms with Gasteiger partial charge in [0, 0.05) is 6.54 Å². The Morgan fingerprint density at radius 3 is 2.60 bits per heavy atom. The van der Waals surface area contributed by atoms with Crippen molar-refractivity contribution in [2.24, 2.45) is 0 Å². The topological polar surface area (TPSA) is 78.8 Å². The van der Waals surface area contributed by atoms with Gasteiger partial charge in [0.15, 0.2) is 0 Å². The summed E-state index contributed by atoms with van der Waals surface area (Å²) in [6.45, 7) is 0.0409. The molecule has 0 aromatic carbocycles. The molecule has 0 aliphatic heterocycles. The molecule has 0 saturated heterocycles. The van der Waals surface area contributed by atoms with E-state index in [0.29, 0.717) is 0 Å². The van der Waals surface area contributed by atoms with Crippen LogP contribution in [-0.2, 0) is 4.74 Å². The molecule has 5 heteroatoms. The van der Waals surface area contributed by atoms with Crippen molar-refractivity contribution >= 4 is 6.09 Å². The largest absolute Gasteiger partial charge is 0.447 e. The number of nitrogens with one attached hydrogen (secondary N) is 1. The molecule has 1 aliphatic rings. The van der Waals surface area contributed by atoms with Crippen LogP contribution in [0.15, 0.2) is 0 Å². The van der Waals surface area contributed by atoms with E-state index in [1.165, 1.54) is 0 Å². The van der Waals surface area contributed by atoms with Gasteiger partial charge in [-0.3, -0.25) is 0 Å². The number of amides is 1. The van der Waals surface area contributed by atoms with Crippen molar-refractivity contribution in [1.82, 2.24) is 5.32 Å². The van der Waals surface area contributed by atoms with Crippen LogP contribution in [-0.4, -0.2) is 41.7 Å². The van der Waals surface area contributed by atoms with Crippen molar-refractivity contribution in [3.63, 3.8) is 0 Å². The van der Waals surface area contributed by atoms with Gasteiger partial charge in [0.05, 0.1) is 12.2 Å². The smallest absolute Gasteiger partial charge is 0.407 e. The molecular weight excluding hydrogens is 198 g/mol. The molecule has 1 rings (SSSR count). The number of hydrogen-bond acceptors (Lipinski definition) is 4. The lowest BCUT2D eigenvalue weighted by atomic mass is 9.85. The highest BCUT2D eigenvalue weighted by molar-refractivity contribution is 5.67. The normalized spacial score (nSPS) is 19.6. The molecule has 5 nitrogen and oxygen atoms in total. The number of carbonyl (C=O) groups excluding carboxylic acids is 1. The molecule has 0 aromatic rings. The lowest BCUT2D eigenvalue weighted by Gasteiger charge is -2.31. The third-order valence-electron chi connectivity index (χ3n) is 2.67. The van der Waals surface area contributed by atoms with E-state index in [2.05, 4.69) is 10.1 Å². The highest BCUT2D eigenvalue weighted by Gasteiger charge is 2.29. The summed E-state index contributed by atoms with van der Waals surface area (Å²) >= 11 is 0. The first-order valence-corrected chi connectivity index (χ1v) is 5.40. The fraction of sp³-hybridized carbons (Fsp3) is 0.900. The summed E-state index contributed by atoms with van der Waals surface area (Å²) in [6.07, 6.45) is 4.04. The van der Waals surface area contributed by atoms with Crippen LogP contribution < -0.4 is 5.32 Å². The Bertz CT molecular complexity index is 202. The Labute approximate surface area is 89.4 Å². The van der Waals surface area contributed by atoms with E-state index >= 15 is 0 Å². The van der Waals surface area contributed by atoms with Crippen LogP contribution in [0.25, 0.3) is 0 Å². The zero-order valence-corrected chi connectivity index (χ0v) is 8.87. The summed E-state index contributed by atoms with van der Waals surface area (Å²) in [5.74, 6) is 0. The van der Waals surface area contributed by atoms with E-state index in [9.17, 15) is 9.90 Å². The van der Waals surface area contributed by atoms with Crippen LogP contribution in [0.1, 0.15) is 32.1 Å². The van der Waals surface area contributed by atoms with E-state index < -0.39 is 11.7 Å². The van der Waals surface area contributed by atoms with Gasteiger partial charge in [-0.1, -0.05) is 19.3 Å². The molecule has 88 valence electrons. The maximum absolute atomic E-state index is 11.0. The van der Waals surface area contributed by atoms with Crippen LogP contribution in [0.2, 0.25) is 0 Å². The van der Waals surface area contributed by atoms with Crippen LogP contribution in [0.4, 0.5) is 4.79 Å². The van der Waals surface area contributed by atoms with Crippen molar-refractivity contribution < 1.29 is 19.7 Å². The second kappa shape index (κ2) is 5.92. The molecule has 1 amide bonds. The van der Waals surface area contributed by atoms with Gasteiger partial charge < -0.3 is 20.3 Å². The van der Waals surface area contributed by atoms with Crippen molar-refractivity contribution in [1.29, 1.82) is 0 Å². The minimum absolute atomic E-state index is 0.00966. The number of hydrogen-bond donors (Lipinski definition) is 3. The highest BCUT2D eigenvalue weighted by Crippen LogP contribution is 2.27. The monoisotopic (exact) mass is 217 g/mol. The van der Waals surface area contributed by atoms with E-state index in [1.54, 1.807) is 0 Å². The zero-order valence-electron chi connectivity index (χ0n) is 8.87. The quantitative estimate of drug-likeness (QED) is 0.637. The molecular formula is C10H19NO4. The van der Waals surface area contributed by atoms with Gasteiger partial charge in [0.2, 0.25) is 0 Å². The summed E-state index contributed by atoms with van der Waals surface area (Å²) < 4.78 is 4.62. The first kappa shape index (κ1) is 12.3. The van der Waals surface area contributed by atoms with Crippen LogP contribution in [0.3, 0.4) is 0 Å². The van der Waals surface area contributed by atoms with Crippen molar-refractivity contribution in [3.05, 3.63) is 0 Å². The number of carbonyl (C=O) groups is 1. The summed E-state index contributed by atoms with van der Waals surface area (Å²) in [5, 5.41) is 21.0. The Hall–Kier alpha value is -0.810. The number of ether oxygens (including phenoxy) is 1. The first-order chi connectivity index (χ1) is 7.16. The SMILES string of the molecule is O=C(NCC1(O)CCCCC1)OCCO. The summed E-state index contributed by atoms with van der Waals surface area (Å²) in [6, 6.07) is 0. The molecule has 0 radical (unpaired) electrons. The number of alkyl carbamates (subject to hydrolysis) is 1. The molecule has 0 atom stereocenters. The Morgan fingerprint density at radius 1 is 1.33 bits per heavy atom. The molecule has 15 heavy (non-hydrogen) atoms. The molecule has 0 unspecified atom stereocenters. The minimum Gasteiger partial charge on any atom is -0.447 e. The van der Waals surface area contributed by atoms with Gasteiger partial charge in [0.25, 0.3) is 0 Å². The number of rotatable bonds is 4. The fourth-order valence-corrected chi connectivity index (χ4v) is 1.81. The summed E-state index contributed by atoms with van der Waals surface area (Å²) in [7, 11) is 0. The third-order valence-corrected chi connectivity index (χ3v) is 2.67. The molecule has 1 saturated carbocycles. The number of aliphatic hydroxyl groups excluding tert-OH is 1. The van der Waals surface area contributed by atoms with E-state index in [4.69, 9.17) is 5.11 Å². The Kier molecular flexibility index (Phi) is 4.84. The standard InChI is InChI=1S/C10H19NO4/c12-6-7-15-9(13)11-8-10(14)4-2-1-3-5-10/h12,14H,1-8H2,(H,11,13). The molecule has 0 bridgehead atoms. The zero-order chi connectivity index (χ0) is 11.1. The maximum Gasteiger partial charge on any atom is 0.407 e. The molecule has 1 fully saturated rings. The third kappa shape index (κ3) is 4.48. The van der Waals surface area contributed by atoms with E-state index in [-0.39, 0.29) is 19.8 Å². The summed E-state index contributed by atoms with van der Waals surface area (Å²) in [5.41, 5.74) is -0.767. The lowest BCUT2D eigenvalue weighted by Crippen LogP contribution is -2.44. The van der Waals surface area contributed by atoms with Gasteiger partial charge >= 0.3 is 6.09 Å². The van der Waals surface area contributed by atoms with Gasteiger partial charge in [0.1, 0.15) is 6.61 Å². The van der Waals surface area contributed by atoms with E-state index in [0.717, 1.165) is 32.1 Å². The first-order valence-electron chi connectivity index (χ1n) is 5.40. The molecule has 0 aromatic heterocycles. The fourth-order valence-electron chi connectivity index (χ4n) is 1.81. The predicted molar refractivity (Wildman–Crippen MR) is 54.5 cm³/mol. The van der Waals surface area contributed by atoms with Crippen LogP contribution in [0.5, 0.6) is 0 Å². The molecule has 1 aliphatic carbocycles. The van der Waals surface area contributed by atoms with Gasteiger partial charge in [-0.05, 0) is 12.8 Å². The van der Waals surface area contributed by atoms with Crippen molar-refractivity contribution in [2.75, 3.05) is 19.8 Å². The highest BCUT2D eigenvalue weighted by atomic mass is 16.6. The van der Waals surface area contributed by atoms with Crippen LogP contribution in [0, 0.1) is 0 Å². The predicted octanol–water partition coefficient (Wildman–Crippen LogP) is 0.400. The van der Waals surface area contributed by atoms with E-state index in [1.807, 2.05) is 0 Å². The molecule has 0 heterocycles. The Balaban J connectivity index is 2.19. The Morgan fingerprint density at radius 2 is 2.00 bits per heavy atom. The molecule has 0 spiro atoms. The van der Waals surface area contributed by atoms with Crippen molar-refractivity contribution in [2.45, 2.75) is 37.7 Å². The van der Waals surface area contributed by atoms with Gasteiger partial charge in [-0.15, -0.1) is 0 Å². The lowest BCUT2D eigenvalue weighted by molar-refractivity contribution is 0.00399. The number of aliphatic hydroxyl groups is 2. The average molecular weight is 217 g/mol. The second-order valence-corrected chi connectivity index (χ2v) is 4.00.